The lowest BCUT2D eigenvalue weighted by molar-refractivity contribution is -0.127. The van der Waals surface area contributed by atoms with E-state index in [-0.39, 0.29) is 18.4 Å². The number of likely N-dealkylation sites (N-methyl/N-ethyl adjacent to an activating group) is 1. The predicted octanol–water partition coefficient (Wildman–Crippen LogP) is 0.122. The van der Waals surface area contributed by atoms with Crippen LogP contribution in [0.1, 0.15) is 17.2 Å². The highest BCUT2D eigenvalue weighted by Gasteiger charge is 2.20. The maximum Gasteiger partial charge on any atom is 0.242 e. The number of nitrogens with zero attached hydrogens (tertiary/aromatic N) is 2. The van der Waals surface area contributed by atoms with E-state index < -0.39 is 6.04 Å². The summed E-state index contributed by atoms with van der Waals surface area (Å²) >= 11 is 0. The largest absolute Gasteiger partial charge is 0.497 e. The third-order valence-corrected chi connectivity index (χ3v) is 3.68. The first-order valence-corrected chi connectivity index (χ1v) is 7.86. The average molecular weight is 345 g/mol. The molecule has 0 bridgehead atoms. The third kappa shape index (κ3) is 5.32. The van der Waals surface area contributed by atoms with Crippen molar-refractivity contribution < 1.29 is 14.3 Å². The lowest BCUT2D eigenvalue weighted by atomic mass is 10.1. The van der Waals surface area contributed by atoms with Crippen LogP contribution in [0.25, 0.3) is 0 Å². The van der Waals surface area contributed by atoms with Crippen LogP contribution < -0.4 is 20.7 Å². The van der Waals surface area contributed by atoms with Crippen molar-refractivity contribution in [1.29, 1.82) is 0 Å². The maximum atomic E-state index is 12.2. The summed E-state index contributed by atoms with van der Waals surface area (Å²) in [5, 5.41) is 12.3. The van der Waals surface area contributed by atoms with Gasteiger partial charge in [-0.2, -0.15) is 5.10 Å². The van der Waals surface area contributed by atoms with Gasteiger partial charge in [-0.25, -0.2) is 0 Å². The number of ether oxygens (including phenoxy) is 1. The molecular weight excluding hydrogens is 322 g/mol. The Bertz CT molecular complexity index is 711. The van der Waals surface area contributed by atoms with Gasteiger partial charge in [-0.15, -0.1) is 0 Å². The molecule has 0 radical (unpaired) electrons. The monoisotopic (exact) mass is 345 g/mol. The van der Waals surface area contributed by atoms with E-state index in [1.54, 1.807) is 38.3 Å². The number of hydrogen-bond donors (Lipinski definition) is 3. The number of aryl methyl sites for hydroxylation is 1. The molecule has 134 valence electrons. The lowest BCUT2D eigenvalue weighted by Crippen LogP contribution is -2.41. The second kappa shape index (κ2) is 8.84. The fourth-order valence-electron chi connectivity index (χ4n) is 2.31. The molecule has 0 aliphatic carbocycles. The van der Waals surface area contributed by atoms with Crippen molar-refractivity contribution in [2.45, 2.75) is 12.6 Å². The molecule has 8 nitrogen and oxygen atoms in total. The Morgan fingerprint density at radius 1 is 1.24 bits per heavy atom. The summed E-state index contributed by atoms with van der Waals surface area (Å²) in [5.41, 5.74) is 1.69. The van der Waals surface area contributed by atoms with Crippen molar-refractivity contribution in [3.8, 4) is 5.75 Å². The Morgan fingerprint density at radius 2 is 1.96 bits per heavy atom. The van der Waals surface area contributed by atoms with E-state index in [1.807, 2.05) is 24.3 Å². The van der Waals surface area contributed by atoms with Gasteiger partial charge >= 0.3 is 0 Å². The standard InChI is InChI=1S/C17H23N5O3/c1-18-16(13-9-21-22(2)11-13)17(24)20-10-15(23)19-8-12-4-6-14(25-3)7-5-12/h4-7,9,11,16,18H,8,10H2,1-3H3,(H,19,23)(H,20,24). The SMILES string of the molecule is CNC(C(=O)NCC(=O)NCc1ccc(OC)cc1)c1cnn(C)c1. The summed E-state index contributed by atoms with van der Waals surface area (Å²) in [7, 11) is 5.06. The molecule has 1 unspecified atom stereocenters. The number of methoxy groups -OCH3 is 1. The van der Waals surface area contributed by atoms with Crippen LogP contribution >= 0.6 is 0 Å². The van der Waals surface area contributed by atoms with Crippen molar-refractivity contribution in [1.82, 2.24) is 25.7 Å². The zero-order chi connectivity index (χ0) is 18.2. The Hall–Kier alpha value is -2.87. The van der Waals surface area contributed by atoms with Gasteiger partial charge in [0.15, 0.2) is 0 Å². The van der Waals surface area contributed by atoms with Crippen molar-refractivity contribution >= 4 is 11.8 Å². The second-order valence-corrected chi connectivity index (χ2v) is 5.51. The molecule has 25 heavy (non-hydrogen) atoms. The van der Waals surface area contributed by atoms with Crippen LogP contribution in [0, 0.1) is 0 Å². The van der Waals surface area contributed by atoms with E-state index in [0.29, 0.717) is 6.54 Å². The zero-order valence-electron chi connectivity index (χ0n) is 14.6. The summed E-state index contributed by atoms with van der Waals surface area (Å²) in [6.45, 7) is 0.296. The Morgan fingerprint density at radius 3 is 2.52 bits per heavy atom. The molecule has 1 aromatic carbocycles. The average Bonchev–Trinajstić information content (AvgIpc) is 3.05. The molecule has 8 heteroatoms. The van der Waals surface area contributed by atoms with Gasteiger partial charge in [0.25, 0.3) is 0 Å². The minimum atomic E-state index is -0.553. The summed E-state index contributed by atoms with van der Waals surface area (Å²) in [4.78, 5) is 24.1. The van der Waals surface area contributed by atoms with Crippen LogP contribution in [-0.2, 0) is 23.2 Å². The van der Waals surface area contributed by atoms with Crippen LogP contribution in [0.15, 0.2) is 36.7 Å². The van der Waals surface area contributed by atoms with Gasteiger partial charge in [-0.05, 0) is 24.7 Å². The molecule has 0 saturated heterocycles. The lowest BCUT2D eigenvalue weighted by Gasteiger charge is -2.14. The number of nitrogens with one attached hydrogen (secondary N) is 3. The Balaban J connectivity index is 1.79. The smallest absolute Gasteiger partial charge is 0.242 e. The number of rotatable bonds is 8. The van der Waals surface area contributed by atoms with Crippen molar-refractivity contribution in [3.05, 3.63) is 47.8 Å². The van der Waals surface area contributed by atoms with Gasteiger partial charge in [0, 0.05) is 25.4 Å². The topological polar surface area (TPSA) is 97.3 Å². The van der Waals surface area contributed by atoms with Gasteiger partial charge in [-0.3, -0.25) is 14.3 Å². The third-order valence-electron chi connectivity index (χ3n) is 3.68. The minimum absolute atomic E-state index is 0.0899. The minimum Gasteiger partial charge on any atom is -0.497 e. The van der Waals surface area contributed by atoms with Crippen LogP contribution in [0.5, 0.6) is 5.75 Å². The predicted molar refractivity (Wildman–Crippen MR) is 92.9 cm³/mol. The van der Waals surface area contributed by atoms with Gasteiger partial charge in [-0.1, -0.05) is 12.1 Å². The molecule has 2 amide bonds. The Kier molecular flexibility index (Phi) is 6.53. The number of carbonyl (C=O) groups is 2. The number of amides is 2. The van der Waals surface area contributed by atoms with Crippen LogP contribution in [0.4, 0.5) is 0 Å². The van der Waals surface area contributed by atoms with Gasteiger partial charge < -0.3 is 20.7 Å². The number of aromatic nitrogens is 2. The van der Waals surface area contributed by atoms with Gasteiger partial charge in [0.1, 0.15) is 11.8 Å². The molecule has 0 fully saturated rings. The van der Waals surface area contributed by atoms with Gasteiger partial charge in [0.05, 0.1) is 19.9 Å². The van der Waals surface area contributed by atoms with Crippen LogP contribution in [0.3, 0.4) is 0 Å². The fourth-order valence-corrected chi connectivity index (χ4v) is 2.31. The highest BCUT2D eigenvalue weighted by atomic mass is 16.5. The summed E-state index contributed by atoms with van der Waals surface area (Å²) in [6, 6.07) is 6.85. The van der Waals surface area contributed by atoms with Crippen molar-refractivity contribution in [2.75, 3.05) is 20.7 Å². The maximum absolute atomic E-state index is 12.2. The molecule has 0 aliphatic heterocycles. The first kappa shape index (κ1) is 18.5. The highest BCUT2D eigenvalue weighted by molar-refractivity contribution is 5.88. The molecule has 3 N–H and O–H groups in total. The number of benzene rings is 1. The van der Waals surface area contributed by atoms with E-state index in [2.05, 4.69) is 21.0 Å². The van der Waals surface area contributed by atoms with Crippen LogP contribution in [-0.4, -0.2) is 42.3 Å². The Labute approximate surface area is 146 Å². The fraction of sp³-hybridized carbons (Fsp3) is 0.353. The number of carbonyl (C=O) groups excluding carboxylic acids is 2. The van der Waals surface area contributed by atoms with Crippen molar-refractivity contribution in [2.24, 2.45) is 7.05 Å². The molecule has 1 heterocycles. The zero-order valence-corrected chi connectivity index (χ0v) is 14.6. The summed E-state index contributed by atoms with van der Waals surface area (Å²) in [5.74, 6) is 0.219. The van der Waals surface area contributed by atoms with E-state index in [0.717, 1.165) is 16.9 Å². The molecule has 0 saturated carbocycles. The van der Waals surface area contributed by atoms with Crippen molar-refractivity contribution in [3.63, 3.8) is 0 Å². The van der Waals surface area contributed by atoms with Gasteiger partial charge in [0.2, 0.25) is 11.8 Å². The molecule has 1 aromatic heterocycles. The molecule has 1 atom stereocenters. The molecule has 0 aliphatic rings. The molecule has 0 spiro atoms. The van der Waals surface area contributed by atoms with E-state index in [4.69, 9.17) is 4.74 Å². The molecule has 2 rings (SSSR count). The molecular formula is C17H23N5O3. The summed E-state index contributed by atoms with van der Waals surface area (Å²) < 4.78 is 6.70. The van der Waals surface area contributed by atoms with E-state index in [1.165, 1.54) is 0 Å². The highest BCUT2D eigenvalue weighted by Crippen LogP contribution is 2.11. The summed E-state index contributed by atoms with van der Waals surface area (Å²) in [6.07, 6.45) is 3.37. The van der Waals surface area contributed by atoms with Crippen LogP contribution in [0.2, 0.25) is 0 Å². The van der Waals surface area contributed by atoms with E-state index in [9.17, 15) is 9.59 Å². The molecule has 2 aromatic rings. The number of hydrogen-bond acceptors (Lipinski definition) is 5. The first-order chi connectivity index (χ1) is 12.0. The quantitative estimate of drug-likeness (QED) is 0.631. The normalized spacial score (nSPS) is 11.6. The first-order valence-electron chi connectivity index (χ1n) is 7.86. The second-order valence-electron chi connectivity index (χ2n) is 5.51. The van der Waals surface area contributed by atoms with E-state index >= 15 is 0 Å².